The molecule has 1 fully saturated rings. The standard InChI is InChI=1S/C18H28N6O3S/c1-4-22-11-15(10-20-22)9-19-18(25)16-7-6-8-24(12-16)28(26,27)17-13-23(5-2)21-14(17)3/h10-11,13,16H,4-9,12H2,1-3H3,(H,19,25)/t16-/m0/s1. The average Bonchev–Trinajstić information content (AvgIpc) is 3.32. The zero-order valence-electron chi connectivity index (χ0n) is 16.6. The number of piperidine rings is 1. The normalized spacial score (nSPS) is 18.3. The van der Waals surface area contributed by atoms with Crippen LogP contribution in [-0.4, -0.2) is 51.3 Å². The summed E-state index contributed by atoms with van der Waals surface area (Å²) >= 11 is 0. The van der Waals surface area contributed by atoms with E-state index in [1.165, 1.54) is 4.31 Å². The minimum atomic E-state index is -3.66. The number of nitrogens with one attached hydrogen (secondary N) is 1. The third-order valence-corrected chi connectivity index (χ3v) is 7.04. The van der Waals surface area contributed by atoms with E-state index in [-0.39, 0.29) is 23.3 Å². The first-order valence-electron chi connectivity index (χ1n) is 9.68. The molecule has 3 rings (SSSR count). The molecule has 3 heterocycles. The molecule has 9 nitrogen and oxygen atoms in total. The maximum absolute atomic E-state index is 13.1. The Morgan fingerprint density at radius 1 is 1.25 bits per heavy atom. The van der Waals surface area contributed by atoms with Gasteiger partial charge in [-0.25, -0.2) is 8.42 Å². The van der Waals surface area contributed by atoms with Gasteiger partial charge in [-0.2, -0.15) is 14.5 Å². The Morgan fingerprint density at radius 3 is 2.64 bits per heavy atom. The lowest BCUT2D eigenvalue weighted by molar-refractivity contribution is -0.126. The molecule has 0 unspecified atom stereocenters. The Labute approximate surface area is 165 Å². The molecule has 1 N–H and O–H groups in total. The van der Waals surface area contributed by atoms with E-state index in [1.54, 1.807) is 28.7 Å². The summed E-state index contributed by atoms with van der Waals surface area (Å²) in [5.74, 6) is -0.476. The summed E-state index contributed by atoms with van der Waals surface area (Å²) in [4.78, 5) is 12.8. The van der Waals surface area contributed by atoms with Crippen molar-refractivity contribution in [3.05, 3.63) is 29.8 Å². The number of aryl methyl sites for hydroxylation is 3. The number of nitrogens with zero attached hydrogens (tertiary/aromatic N) is 5. The molecule has 2 aromatic rings. The first-order chi connectivity index (χ1) is 13.3. The highest BCUT2D eigenvalue weighted by molar-refractivity contribution is 7.89. The van der Waals surface area contributed by atoms with E-state index in [2.05, 4.69) is 15.5 Å². The maximum atomic E-state index is 13.1. The van der Waals surface area contributed by atoms with Crippen molar-refractivity contribution in [1.29, 1.82) is 0 Å². The highest BCUT2D eigenvalue weighted by Gasteiger charge is 2.35. The second-order valence-corrected chi connectivity index (χ2v) is 8.97. The Morgan fingerprint density at radius 2 is 2.00 bits per heavy atom. The predicted molar refractivity (Wildman–Crippen MR) is 104 cm³/mol. The van der Waals surface area contributed by atoms with Gasteiger partial charge in [0.2, 0.25) is 15.9 Å². The van der Waals surface area contributed by atoms with Crippen LogP contribution in [0.5, 0.6) is 0 Å². The van der Waals surface area contributed by atoms with Crippen molar-refractivity contribution in [2.24, 2.45) is 5.92 Å². The number of sulfonamides is 1. The molecule has 1 saturated heterocycles. The van der Waals surface area contributed by atoms with Crippen LogP contribution in [-0.2, 0) is 34.5 Å². The van der Waals surface area contributed by atoms with Crippen molar-refractivity contribution < 1.29 is 13.2 Å². The van der Waals surface area contributed by atoms with E-state index in [4.69, 9.17) is 0 Å². The van der Waals surface area contributed by atoms with Crippen LogP contribution in [0, 0.1) is 12.8 Å². The van der Waals surface area contributed by atoms with Crippen LogP contribution in [0.1, 0.15) is 37.9 Å². The molecule has 28 heavy (non-hydrogen) atoms. The molecule has 1 atom stereocenters. The van der Waals surface area contributed by atoms with E-state index in [9.17, 15) is 13.2 Å². The highest BCUT2D eigenvalue weighted by Crippen LogP contribution is 2.25. The van der Waals surface area contributed by atoms with Gasteiger partial charge in [-0.3, -0.25) is 14.2 Å². The number of aromatic nitrogens is 4. The third kappa shape index (κ3) is 4.27. The van der Waals surface area contributed by atoms with Gasteiger partial charge in [0, 0.05) is 50.7 Å². The van der Waals surface area contributed by atoms with Crippen LogP contribution in [0.2, 0.25) is 0 Å². The molecule has 10 heteroatoms. The van der Waals surface area contributed by atoms with Gasteiger partial charge in [-0.05, 0) is 33.6 Å². The molecule has 0 bridgehead atoms. The van der Waals surface area contributed by atoms with E-state index in [1.807, 2.05) is 20.0 Å². The van der Waals surface area contributed by atoms with Gasteiger partial charge in [0.15, 0.2) is 0 Å². The van der Waals surface area contributed by atoms with E-state index < -0.39 is 10.0 Å². The number of carbonyl (C=O) groups excluding carboxylic acids is 1. The molecular formula is C18H28N6O3S. The van der Waals surface area contributed by atoms with Crippen LogP contribution < -0.4 is 5.32 Å². The third-order valence-electron chi connectivity index (χ3n) is 5.08. The summed E-state index contributed by atoms with van der Waals surface area (Å²) in [5, 5.41) is 11.3. The summed E-state index contributed by atoms with van der Waals surface area (Å²) in [6.45, 7) is 8.00. The molecule has 154 valence electrons. The molecule has 2 aromatic heterocycles. The second-order valence-electron chi connectivity index (χ2n) is 7.06. The van der Waals surface area contributed by atoms with Crippen LogP contribution >= 0.6 is 0 Å². The van der Waals surface area contributed by atoms with Gasteiger partial charge in [-0.1, -0.05) is 0 Å². The number of hydrogen-bond acceptors (Lipinski definition) is 5. The first-order valence-corrected chi connectivity index (χ1v) is 11.1. The fraction of sp³-hybridized carbons (Fsp3) is 0.611. The van der Waals surface area contributed by atoms with Gasteiger partial charge in [0.05, 0.1) is 17.8 Å². The van der Waals surface area contributed by atoms with Crippen LogP contribution in [0.3, 0.4) is 0 Å². The molecule has 0 radical (unpaired) electrons. The van der Waals surface area contributed by atoms with Crippen LogP contribution in [0.25, 0.3) is 0 Å². The number of rotatable bonds is 7. The van der Waals surface area contributed by atoms with Crippen molar-refractivity contribution in [1.82, 2.24) is 29.2 Å². The summed E-state index contributed by atoms with van der Waals surface area (Å²) in [7, 11) is -3.66. The minimum Gasteiger partial charge on any atom is -0.352 e. The molecule has 0 saturated carbocycles. The van der Waals surface area contributed by atoms with Crippen LogP contribution in [0.4, 0.5) is 0 Å². The summed E-state index contributed by atoms with van der Waals surface area (Å²) < 4.78 is 30.9. The maximum Gasteiger partial charge on any atom is 0.246 e. The van der Waals surface area contributed by atoms with E-state index in [0.717, 1.165) is 12.1 Å². The van der Waals surface area contributed by atoms with Crippen molar-refractivity contribution in [3.63, 3.8) is 0 Å². The molecule has 1 aliphatic heterocycles. The number of hydrogen-bond donors (Lipinski definition) is 1. The van der Waals surface area contributed by atoms with Gasteiger partial charge in [0.1, 0.15) is 4.90 Å². The molecule has 1 aliphatic rings. The number of carbonyl (C=O) groups is 1. The zero-order valence-corrected chi connectivity index (χ0v) is 17.4. The van der Waals surface area contributed by atoms with Crippen molar-refractivity contribution in [2.75, 3.05) is 13.1 Å². The lowest BCUT2D eigenvalue weighted by Gasteiger charge is -2.31. The molecule has 1 amide bonds. The van der Waals surface area contributed by atoms with Gasteiger partial charge in [0.25, 0.3) is 0 Å². The fourth-order valence-corrected chi connectivity index (χ4v) is 5.13. The SMILES string of the molecule is CCn1cc(CNC(=O)[C@H]2CCCN(S(=O)(=O)c3cn(CC)nc3C)C2)cn1. The summed E-state index contributed by atoms with van der Waals surface area (Å²) in [6.07, 6.45) is 6.53. The topological polar surface area (TPSA) is 102 Å². The van der Waals surface area contributed by atoms with Crippen molar-refractivity contribution in [3.8, 4) is 0 Å². The number of amides is 1. The van der Waals surface area contributed by atoms with Crippen molar-refractivity contribution in [2.45, 2.75) is 58.1 Å². The average molecular weight is 409 g/mol. The fourth-order valence-electron chi connectivity index (χ4n) is 3.43. The molecular weight excluding hydrogens is 380 g/mol. The van der Waals surface area contributed by atoms with E-state index >= 15 is 0 Å². The second kappa shape index (κ2) is 8.44. The van der Waals surface area contributed by atoms with Crippen LogP contribution in [0.15, 0.2) is 23.5 Å². The van der Waals surface area contributed by atoms with E-state index in [0.29, 0.717) is 38.2 Å². The van der Waals surface area contributed by atoms with Gasteiger partial charge in [-0.15, -0.1) is 0 Å². The Kier molecular flexibility index (Phi) is 6.19. The largest absolute Gasteiger partial charge is 0.352 e. The van der Waals surface area contributed by atoms with Gasteiger partial charge < -0.3 is 5.32 Å². The summed E-state index contributed by atoms with van der Waals surface area (Å²) in [6, 6.07) is 0. The van der Waals surface area contributed by atoms with Gasteiger partial charge >= 0.3 is 0 Å². The Hall–Kier alpha value is -2.20. The predicted octanol–water partition coefficient (Wildman–Crippen LogP) is 1.14. The monoisotopic (exact) mass is 408 g/mol. The highest BCUT2D eigenvalue weighted by atomic mass is 32.2. The van der Waals surface area contributed by atoms with Crippen molar-refractivity contribution >= 4 is 15.9 Å². The quantitative estimate of drug-likeness (QED) is 0.740. The lowest BCUT2D eigenvalue weighted by Crippen LogP contribution is -2.45. The first kappa shape index (κ1) is 20.5. The lowest BCUT2D eigenvalue weighted by atomic mass is 9.99. The molecule has 0 aromatic carbocycles. The molecule has 0 spiro atoms. The Bertz CT molecular complexity index is 933. The zero-order chi connectivity index (χ0) is 20.3. The molecule has 0 aliphatic carbocycles. The minimum absolute atomic E-state index is 0.120. The summed E-state index contributed by atoms with van der Waals surface area (Å²) in [5.41, 5.74) is 1.42. The Balaban J connectivity index is 1.65. The smallest absolute Gasteiger partial charge is 0.246 e.